The molecule has 0 unspecified atom stereocenters. The lowest BCUT2D eigenvalue weighted by Crippen LogP contribution is -2.48. The van der Waals surface area contributed by atoms with E-state index in [1.807, 2.05) is 0 Å². The first-order chi connectivity index (χ1) is 7.34. The number of aromatic nitrogens is 1. The van der Waals surface area contributed by atoms with E-state index in [-0.39, 0.29) is 0 Å². The van der Waals surface area contributed by atoms with Gasteiger partial charge in [-0.1, -0.05) is 0 Å². The van der Waals surface area contributed by atoms with Crippen LogP contribution in [0.15, 0.2) is 18.5 Å². The molecule has 4 aliphatic rings. The van der Waals surface area contributed by atoms with Crippen LogP contribution in [0.1, 0.15) is 44.1 Å². The van der Waals surface area contributed by atoms with Gasteiger partial charge >= 0.3 is 0 Å². The molecule has 0 saturated heterocycles. The molecule has 5 rings (SSSR count). The van der Waals surface area contributed by atoms with Gasteiger partial charge in [0.05, 0.1) is 0 Å². The first kappa shape index (κ1) is 8.43. The largest absolute Gasteiger partial charge is 0.367 e. The first-order valence-corrected chi connectivity index (χ1v) is 6.47. The summed E-state index contributed by atoms with van der Waals surface area (Å²) in [6.45, 7) is 0. The molecule has 80 valence electrons. The van der Waals surface area contributed by atoms with E-state index >= 15 is 0 Å². The van der Waals surface area contributed by atoms with E-state index in [0.29, 0.717) is 5.41 Å². The molecule has 0 radical (unpaired) electrons. The second-order valence-electron chi connectivity index (χ2n) is 6.30. The molecule has 4 aliphatic carbocycles. The molecule has 1 heteroatoms. The number of rotatable bonds is 1. The standard InChI is InChI=1S/C14H19N/c1-2-15-9-13(1)14-6-10-3-11(7-14)5-12(4-10)8-14/h1-2,9-12,15H,3-8H2. The molecule has 1 aromatic rings. The molecule has 1 nitrogen and oxygen atoms in total. The van der Waals surface area contributed by atoms with Crippen molar-refractivity contribution in [1.29, 1.82) is 0 Å². The number of hydrogen-bond acceptors (Lipinski definition) is 0. The topological polar surface area (TPSA) is 15.8 Å². The zero-order chi connectivity index (χ0) is 9.88. The maximum atomic E-state index is 3.25. The van der Waals surface area contributed by atoms with Crippen LogP contribution >= 0.6 is 0 Å². The average Bonchev–Trinajstić information content (AvgIpc) is 2.67. The van der Waals surface area contributed by atoms with Crippen LogP contribution < -0.4 is 0 Å². The Morgan fingerprint density at radius 1 is 1.00 bits per heavy atom. The lowest BCUT2D eigenvalue weighted by atomic mass is 9.48. The highest BCUT2D eigenvalue weighted by Gasteiger charge is 2.51. The van der Waals surface area contributed by atoms with Crippen LogP contribution in [0.25, 0.3) is 0 Å². The number of H-pyrrole nitrogens is 1. The van der Waals surface area contributed by atoms with Crippen LogP contribution in [-0.4, -0.2) is 4.98 Å². The fourth-order valence-electron chi connectivity index (χ4n) is 5.12. The monoisotopic (exact) mass is 201 g/mol. The number of nitrogens with one attached hydrogen (secondary N) is 1. The highest BCUT2D eigenvalue weighted by atomic mass is 14.7. The Hall–Kier alpha value is -0.720. The minimum atomic E-state index is 0.592. The molecule has 1 heterocycles. The highest BCUT2D eigenvalue weighted by molar-refractivity contribution is 5.26. The second-order valence-corrected chi connectivity index (χ2v) is 6.30. The third kappa shape index (κ3) is 1.10. The van der Waals surface area contributed by atoms with Gasteiger partial charge in [0, 0.05) is 12.4 Å². The van der Waals surface area contributed by atoms with Crippen molar-refractivity contribution in [3.8, 4) is 0 Å². The summed E-state index contributed by atoms with van der Waals surface area (Å²) in [4.78, 5) is 3.25. The summed E-state index contributed by atoms with van der Waals surface area (Å²) in [7, 11) is 0. The molecule has 0 aliphatic heterocycles. The van der Waals surface area contributed by atoms with Crippen LogP contribution in [0.4, 0.5) is 0 Å². The normalized spacial score (nSPS) is 47.3. The predicted molar refractivity (Wildman–Crippen MR) is 60.6 cm³/mol. The van der Waals surface area contributed by atoms with Gasteiger partial charge in [-0.05, 0) is 73.3 Å². The molecule has 4 fully saturated rings. The summed E-state index contributed by atoms with van der Waals surface area (Å²) in [5.74, 6) is 3.18. The molecular formula is C14H19N. The van der Waals surface area contributed by atoms with E-state index in [2.05, 4.69) is 23.4 Å². The van der Waals surface area contributed by atoms with Gasteiger partial charge in [0.2, 0.25) is 0 Å². The Balaban J connectivity index is 1.77. The summed E-state index contributed by atoms with van der Waals surface area (Å²) in [5, 5.41) is 0. The third-order valence-electron chi connectivity index (χ3n) is 5.25. The van der Waals surface area contributed by atoms with E-state index < -0.39 is 0 Å². The number of hydrogen-bond donors (Lipinski definition) is 1. The average molecular weight is 201 g/mol. The Bertz CT molecular complexity index is 327. The van der Waals surface area contributed by atoms with Crippen LogP contribution in [-0.2, 0) is 5.41 Å². The van der Waals surface area contributed by atoms with E-state index in [9.17, 15) is 0 Å². The van der Waals surface area contributed by atoms with Gasteiger partial charge in [-0.25, -0.2) is 0 Å². The molecule has 1 N–H and O–H groups in total. The maximum Gasteiger partial charge on any atom is 0.00430 e. The highest BCUT2D eigenvalue weighted by Crippen LogP contribution is 2.60. The molecule has 1 aromatic heterocycles. The SMILES string of the molecule is c1cc(C23CC4CC(CC(C4)C2)C3)c[nH]1. The van der Waals surface area contributed by atoms with Crippen molar-refractivity contribution in [3.05, 3.63) is 24.0 Å². The Kier molecular flexibility index (Phi) is 1.51. The van der Waals surface area contributed by atoms with Gasteiger partial charge in [0.15, 0.2) is 0 Å². The fourth-order valence-corrected chi connectivity index (χ4v) is 5.12. The fraction of sp³-hybridized carbons (Fsp3) is 0.714. The van der Waals surface area contributed by atoms with Crippen molar-refractivity contribution in [2.24, 2.45) is 17.8 Å². The third-order valence-corrected chi connectivity index (χ3v) is 5.25. The quantitative estimate of drug-likeness (QED) is 0.716. The molecular weight excluding hydrogens is 182 g/mol. The molecule has 0 amide bonds. The second kappa shape index (κ2) is 2.69. The lowest BCUT2D eigenvalue weighted by molar-refractivity contribution is -0.00512. The van der Waals surface area contributed by atoms with E-state index in [0.717, 1.165) is 17.8 Å². The molecule has 0 aromatic carbocycles. The lowest BCUT2D eigenvalue weighted by Gasteiger charge is -2.56. The van der Waals surface area contributed by atoms with Gasteiger partial charge in [0.25, 0.3) is 0 Å². The van der Waals surface area contributed by atoms with E-state index in [1.54, 1.807) is 24.8 Å². The van der Waals surface area contributed by atoms with Gasteiger partial charge in [-0.3, -0.25) is 0 Å². The van der Waals surface area contributed by atoms with Crippen molar-refractivity contribution in [2.45, 2.75) is 43.9 Å². The van der Waals surface area contributed by atoms with Crippen molar-refractivity contribution < 1.29 is 0 Å². The zero-order valence-corrected chi connectivity index (χ0v) is 9.21. The summed E-state index contributed by atoms with van der Waals surface area (Å²) in [5.41, 5.74) is 2.20. The maximum absolute atomic E-state index is 3.25. The smallest absolute Gasteiger partial charge is 0.00430 e. The summed E-state index contributed by atoms with van der Waals surface area (Å²) < 4.78 is 0. The molecule has 15 heavy (non-hydrogen) atoms. The Morgan fingerprint density at radius 3 is 2.07 bits per heavy atom. The zero-order valence-electron chi connectivity index (χ0n) is 9.21. The number of aromatic amines is 1. The van der Waals surface area contributed by atoms with Gasteiger partial charge in [0.1, 0.15) is 0 Å². The predicted octanol–water partition coefficient (Wildman–Crippen LogP) is 3.48. The summed E-state index contributed by atoms with van der Waals surface area (Å²) in [6.07, 6.45) is 13.4. The minimum Gasteiger partial charge on any atom is -0.367 e. The van der Waals surface area contributed by atoms with Gasteiger partial charge < -0.3 is 4.98 Å². The van der Waals surface area contributed by atoms with Crippen molar-refractivity contribution in [3.63, 3.8) is 0 Å². The van der Waals surface area contributed by atoms with Gasteiger partial charge in [-0.2, -0.15) is 0 Å². The first-order valence-electron chi connectivity index (χ1n) is 6.47. The van der Waals surface area contributed by atoms with Gasteiger partial charge in [-0.15, -0.1) is 0 Å². The van der Waals surface area contributed by atoms with Crippen molar-refractivity contribution in [1.82, 2.24) is 4.98 Å². The Morgan fingerprint density at radius 2 is 1.60 bits per heavy atom. The van der Waals surface area contributed by atoms with E-state index in [1.165, 1.54) is 19.3 Å². The summed E-state index contributed by atoms with van der Waals surface area (Å²) in [6, 6.07) is 2.33. The van der Waals surface area contributed by atoms with E-state index in [4.69, 9.17) is 0 Å². The Labute approximate surface area is 91.3 Å². The summed E-state index contributed by atoms with van der Waals surface area (Å²) >= 11 is 0. The van der Waals surface area contributed by atoms with Crippen molar-refractivity contribution in [2.75, 3.05) is 0 Å². The van der Waals surface area contributed by atoms with Crippen LogP contribution in [0.3, 0.4) is 0 Å². The molecule has 4 bridgehead atoms. The molecule has 4 saturated carbocycles. The van der Waals surface area contributed by atoms with Crippen molar-refractivity contribution >= 4 is 0 Å². The van der Waals surface area contributed by atoms with Crippen LogP contribution in [0.5, 0.6) is 0 Å². The minimum absolute atomic E-state index is 0.592. The van der Waals surface area contributed by atoms with Crippen LogP contribution in [0, 0.1) is 17.8 Å². The molecule has 0 atom stereocenters. The van der Waals surface area contributed by atoms with Crippen LogP contribution in [0.2, 0.25) is 0 Å². The molecule has 0 spiro atoms.